The summed E-state index contributed by atoms with van der Waals surface area (Å²) in [4.78, 5) is 27.2. The van der Waals surface area contributed by atoms with Gasteiger partial charge >= 0.3 is 6.18 Å². The number of amides is 2. The fraction of sp³-hybridized carbons (Fsp3) is 0.333. The minimum Gasteiger partial charge on any atom is -0.395 e. The number of nitrogens with zero attached hydrogens (tertiary/aromatic N) is 4. The first-order valence-corrected chi connectivity index (χ1v) is 12.6. The second-order valence-electron chi connectivity index (χ2n) is 8.86. The summed E-state index contributed by atoms with van der Waals surface area (Å²) in [6, 6.07) is 8.15. The summed E-state index contributed by atoms with van der Waals surface area (Å²) in [6.07, 6.45) is -1.88. The standard InChI is InChI=1S/C24H21ClF3N5O3S/c25-15-3-2-14(18(9-15)24(26,27)28)11-32-20-4-1-13(7-19(20)30-31-32)8-21-22(35)33(23(36)37-21)17-5-6-29-16(10-17)12-34/h1-4,7-9,16-17,29,34H,5-6,10-12H2/b21-8-. The van der Waals surface area contributed by atoms with Gasteiger partial charge in [-0.2, -0.15) is 13.2 Å². The minimum atomic E-state index is -4.57. The number of carbonyl (C=O) groups excluding carboxylic acids is 2. The summed E-state index contributed by atoms with van der Waals surface area (Å²) in [5.41, 5.74) is 0.710. The predicted octanol–water partition coefficient (Wildman–Crippen LogP) is 4.30. The van der Waals surface area contributed by atoms with Crippen molar-refractivity contribution in [3.63, 3.8) is 0 Å². The number of piperidine rings is 1. The molecule has 13 heteroatoms. The maximum Gasteiger partial charge on any atom is 0.416 e. The Bertz CT molecular complexity index is 1410. The average Bonchev–Trinajstić information content (AvgIpc) is 3.38. The highest BCUT2D eigenvalue weighted by Gasteiger charge is 2.41. The van der Waals surface area contributed by atoms with E-state index < -0.39 is 11.7 Å². The second-order valence-corrected chi connectivity index (χ2v) is 10.3. The molecule has 2 aliphatic heterocycles. The lowest BCUT2D eigenvalue weighted by Crippen LogP contribution is -2.50. The Morgan fingerprint density at radius 2 is 2.03 bits per heavy atom. The summed E-state index contributed by atoms with van der Waals surface area (Å²) >= 11 is 6.62. The van der Waals surface area contributed by atoms with E-state index in [4.69, 9.17) is 11.6 Å². The molecular weight excluding hydrogens is 531 g/mol. The Hall–Kier alpha value is -2.93. The van der Waals surface area contributed by atoms with Gasteiger partial charge in [-0.1, -0.05) is 28.9 Å². The molecule has 0 spiro atoms. The van der Waals surface area contributed by atoms with E-state index in [0.29, 0.717) is 36.0 Å². The molecule has 0 radical (unpaired) electrons. The molecule has 2 saturated heterocycles. The zero-order chi connectivity index (χ0) is 26.3. The highest BCUT2D eigenvalue weighted by atomic mass is 35.5. The number of benzene rings is 2. The van der Waals surface area contributed by atoms with Crippen LogP contribution in [0.3, 0.4) is 0 Å². The van der Waals surface area contributed by atoms with Crippen LogP contribution < -0.4 is 5.32 Å². The van der Waals surface area contributed by atoms with Crippen molar-refractivity contribution in [2.45, 2.75) is 37.6 Å². The van der Waals surface area contributed by atoms with Gasteiger partial charge in [0.2, 0.25) is 0 Å². The summed E-state index contributed by atoms with van der Waals surface area (Å²) in [5, 5.41) is 20.3. The van der Waals surface area contributed by atoms with Gasteiger partial charge in [0.15, 0.2) is 0 Å². The van der Waals surface area contributed by atoms with E-state index in [1.165, 1.54) is 21.7 Å². The SMILES string of the molecule is O=C1S/C(=C\c2ccc3c(c2)nnn3Cc2ccc(Cl)cc2C(F)(F)F)C(=O)N1C1CCNC(CO)C1. The first-order valence-electron chi connectivity index (χ1n) is 11.4. The number of thioether (sulfide) groups is 1. The Kier molecular flexibility index (Phi) is 7.01. The quantitative estimate of drug-likeness (QED) is 0.456. The van der Waals surface area contributed by atoms with Crippen molar-refractivity contribution in [1.29, 1.82) is 0 Å². The number of aliphatic hydroxyl groups is 1. The topological polar surface area (TPSA) is 100 Å². The van der Waals surface area contributed by atoms with Crippen LogP contribution in [0, 0.1) is 0 Å². The van der Waals surface area contributed by atoms with Crippen LogP contribution in [0.4, 0.5) is 18.0 Å². The molecule has 0 aliphatic carbocycles. The third-order valence-electron chi connectivity index (χ3n) is 6.41. The molecule has 2 aliphatic rings. The molecule has 37 heavy (non-hydrogen) atoms. The molecule has 2 aromatic carbocycles. The number of rotatable bonds is 5. The number of hydrogen-bond donors (Lipinski definition) is 2. The van der Waals surface area contributed by atoms with Crippen LogP contribution in [0.25, 0.3) is 17.1 Å². The van der Waals surface area contributed by atoms with Crippen molar-refractivity contribution in [3.8, 4) is 0 Å². The van der Waals surface area contributed by atoms with Crippen LogP contribution >= 0.6 is 23.4 Å². The van der Waals surface area contributed by atoms with Gasteiger partial charge in [-0.15, -0.1) is 5.10 Å². The monoisotopic (exact) mass is 551 g/mol. The summed E-state index contributed by atoms with van der Waals surface area (Å²) in [6.45, 7) is 0.369. The van der Waals surface area contributed by atoms with E-state index in [9.17, 15) is 27.9 Å². The fourth-order valence-corrected chi connectivity index (χ4v) is 5.68. The average molecular weight is 552 g/mol. The largest absolute Gasteiger partial charge is 0.416 e. The highest BCUT2D eigenvalue weighted by Crippen LogP contribution is 2.37. The van der Waals surface area contributed by atoms with Crippen LogP contribution in [0.2, 0.25) is 5.02 Å². The Labute approximate surface area is 218 Å². The van der Waals surface area contributed by atoms with E-state index in [0.717, 1.165) is 17.8 Å². The molecule has 2 unspecified atom stereocenters. The van der Waals surface area contributed by atoms with Crippen molar-refractivity contribution in [1.82, 2.24) is 25.2 Å². The molecule has 2 amide bonds. The molecule has 2 fully saturated rings. The molecule has 3 aromatic rings. The van der Waals surface area contributed by atoms with Crippen LogP contribution in [0.1, 0.15) is 29.5 Å². The number of aromatic nitrogens is 3. The zero-order valence-electron chi connectivity index (χ0n) is 19.2. The van der Waals surface area contributed by atoms with Gasteiger partial charge in [-0.25, -0.2) is 4.68 Å². The normalized spacial score (nSPS) is 22.0. The van der Waals surface area contributed by atoms with E-state index in [-0.39, 0.29) is 51.9 Å². The maximum absolute atomic E-state index is 13.5. The van der Waals surface area contributed by atoms with Crippen LogP contribution in [0.5, 0.6) is 0 Å². The molecule has 2 atom stereocenters. The zero-order valence-corrected chi connectivity index (χ0v) is 20.8. The number of carbonyl (C=O) groups is 2. The van der Waals surface area contributed by atoms with E-state index >= 15 is 0 Å². The van der Waals surface area contributed by atoms with Gasteiger partial charge in [-0.3, -0.25) is 14.5 Å². The molecule has 0 bridgehead atoms. The summed E-state index contributed by atoms with van der Waals surface area (Å²) in [5.74, 6) is -0.384. The molecule has 3 heterocycles. The van der Waals surface area contributed by atoms with E-state index in [2.05, 4.69) is 15.6 Å². The van der Waals surface area contributed by atoms with E-state index in [1.54, 1.807) is 24.3 Å². The second kappa shape index (κ2) is 10.1. The number of nitrogens with one attached hydrogen (secondary N) is 1. The Balaban J connectivity index is 1.38. The molecule has 8 nitrogen and oxygen atoms in total. The van der Waals surface area contributed by atoms with Crippen molar-refractivity contribution in [2.75, 3.05) is 13.2 Å². The van der Waals surface area contributed by atoms with Crippen LogP contribution in [0.15, 0.2) is 41.3 Å². The molecular formula is C24H21ClF3N5O3S. The number of halogens is 4. The number of imide groups is 1. The minimum absolute atomic E-state index is 0.00259. The molecule has 5 rings (SSSR count). The lowest BCUT2D eigenvalue weighted by molar-refractivity contribution is -0.138. The molecule has 2 N–H and O–H groups in total. The molecule has 1 aromatic heterocycles. The van der Waals surface area contributed by atoms with Crippen LogP contribution in [-0.2, 0) is 17.5 Å². The lowest BCUT2D eigenvalue weighted by atomic mass is 9.98. The van der Waals surface area contributed by atoms with Gasteiger partial charge in [-0.05, 0) is 72.6 Å². The smallest absolute Gasteiger partial charge is 0.395 e. The van der Waals surface area contributed by atoms with Crippen molar-refractivity contribution in [2.24, 2.45) is 0 Å². The number of hydrogen-bond acceptors (Lipinski definition) is 7. The molecule has 0 saturated carbocycles. The van der Waals surface area contributed by atoms with Crippen LogP contribution in [-0.4, -0.2) is 61.4 Å². The number of alkyl halides is 3. The lowest BCUT2D eigenvalue weighted by Gasteiger charge is -2.33. The summed E-state index contributed by atoms with van der Waals surface area (Å²) in [7, 11) is 0. The first kappa shape index (κ1) is 25.7. The fourth-order valence-electron chi connectivity index (χ4n) is 4.61. The van der Waals surface area contributed by atoms with Gasteiger partial charge in [0, 0.05) is 17.1 Å². The first-order chi connectivity index (χ1) is 17.6. The van der Waals surface area contributed by atoms with Gasteiger partial charge in [0.25, 0.3) is 11.1 Å². The summed E-state index contributed by atoms with van der Waals surface area (Å²) < 4.78 is 41.8. The maximum atomic E-state index is 13.5. The molecule has 194 valence electrons. The van der Waals surface area contributed by atoms with Crippen molar-refractivity contribution >= 4 is 51.6 Å². The Morgan fingerprint density at radius 1 is 1.22 bits per heavy atom. The van der Waals surface area contributed by atoms with Gasteiger partial charge in [0.1, 0.15) is 5.52 Å². The van der Waals surface area contributed by atoms with Crippen molar-refractivity contribution < 1.29 is 27.9 Å². The van der Waals surface area contributed by atoms with Gasteiger partial charge < -0.3 is 10.4 Å². The number of aliphatic hydroxyl groups excluding tert-OH is 1. The number of fused-ring (bicyclic) bond motifs is 1. The predicted molar refractivity (Wildman–Crippen MR) is 133 cm³/mol. The highest BCUT2D eigenvalue weighted by molar-refractivity contribution is 8.18. The van der Waals surface area contributed by atoms with E-state index in [1.807, 2.05) is 0 Å². The third kappa shape index (κ3) is 5.24. The van der Waals surface area contributed by atoms with Crippen molar-refractivity contribution in [3.05, 3.63) is 63.0 Å². The van der Waals surface area contributed by atoms with Gasteiger partial charge in [0.05, 0.1) is 29.1 Å². The third-order valence-corrected chi connectivity index (χ3v) is 7.53. The Morgan fingerprint density at radius 3 is 2.78 bits per heavy atom.